The predicted octanol–water partition coefficient (Wildman–Crippen LogP) is 2.89. The highest BCUT2D eigenvalue weighted by Crippen LogP contribution is 2.24. The number of hydrogen-bond acceptors (Lipinski definition) is 3. The van der Waals surface area contributed by atoms with Crippen LogP contribution < -0.4 is 0 Å². The van der Waals surface area contributed by atoms with Gasteiger partial charge >= 0.3 is 6.09 Å². The lowest BCUT2D eigenvalue weighted by atomic mass is 9.93. The Bertz CT molecular complexity index is 409. The molecule has 0 radical (unpaired) electrons. The molecule has 2 amide bonds. The van der Waals surface area contributed by atoms with Gasteiger partial charge < -0.3 is 14.5 Å². The molecule has 2 rings (SSSR count). The van der Waals surface area contributed by atoms with Gasteiger partial charge in [-0.3, -0.25) is 4.79 Å². The molecular formula is C17H30N2O3. The molecule has 0 aromatic rings. The zero-order valence-electron chi connectivity index (χ0n) is 14.4. The first-order valence-electron chi connectivity index (χ1n) is 8.53. The number of amides is 2. The van der Waals surface area contributed by atoms with Crippen molar-refractivity contribution in [1.29, 1.82) is 0 Å². The molecule has 0 saturated carbocycles. The van der Waals surface area contributed by atoms with Crippen LogP contribution in [0.25, 0.3) is 0 Å². The standard InChI is InChI=1S/C17H30N2O3/c1-13-6-5-9-19(12-13)15(20)14-7-10-18(11-8-14)16(21)22-17(2,3)4/h13-14H,5-12H2,1-4H3. The molecule has 126 valence electrons. The molecule has 2 saturated heterocycles. The molecule has 0 aliphatic carbocycles. The molecule has 5 nitrogen and oxygen atoms in total. The Morgan fingerprint density at radius 3 is 2.18 bits per heavy atom. The summed E-state index contributed by atoms with van der Waals surface area (Å²) in [6.07, 6.45) is 3.58. The topological polar surface area (TPSA) is 49.9 Å². The molecule has 1 atom stereocenters. The van der Waals surface area contributed by atoms with E-state index >= 15 is 0 Å². The molecule has 0 spiro atoms. The lowest BCUT2D eigenvalue weighted by Gasteiger charge is -2.37. The van der Waals surface area contributed by atoms with Crippen LogP contribution in [-0.2, 0) is 9.53 Å². The van der Waals surface area contributed by atoms with Gasteiger partial charge in [0.15, 0.2) is 0 Å². The second kappa shape index (κ2) is 6.88. The van der Waals surface area contributed by atoms with Gasteiger partial charge in [0, 0.05) is 32.1 Å². The summed E-state index contributed by atoms with van der Waals surface area (Å²) in [4.78, 5) is 28.4. The zero-order chi connectivity index (χ0) is 16.3. The fourth-order valence-electron chi connectivity index (χ4n) is 3.28. The van der Waals surface area contributed by atoms with Gasteiger partial charge in [0.2, 0.25) is 5.91 Å². The van der Waals surface area contributed by atoms with Crippen molar-refractivity contribution in [2.24, 2.45) is 11.8 Å². The highest BCUT2D eigenvalue weighted by Gasteiger charge is 2.33. The minimum Gasteiger partial charge on any atom is -0.444 e. The molecule has 5 heteroatoms. The molecule has 22 heavy (non-hydrogen) atoms. The minimum absolute atomic E-state index is 0.0731. The number of hydrogen-bond donors (Lipinski definition) is 0. The van der Waals surface area contributed by atoms with Crippen LogP contribution in [-0.4, -0.2) is 53.6 Å². The van der Waals surface area contributed by atoms with E-state index in [9.17, 15) is 9.59 Å². The van der Waals surface area contributed by atoms with Crippen molar-refractivity contribution in [3.05, 3.63) is 0 Å². The van der Waals surface area contributed by atoms with Crippen LogP contribution in [0.15, 0.2) is 0 Å². The number of carbonyl (C=O) groups is 2. The first-order chi connectivity index (χ1) is 10.3. The van der Waals surface area contributed by atoms with Crippen LogP contribution in [0.4, 0.5) is 4.79 Å². The highest BCUT2D eigenvalue weighted by atomic mass is 16.6. The molecule has 2 heterocycles. The maximum atomic E-state index is 12.6. The van der Waals surface area contributed by atoms with Crippen molar-refractivity contribution in [3.8, 4) is 0 Å². The normalized spacial score (nSPS) is 24.3. The van der Waals surface area contributed by atoms with E-state index in [0.29, 0.717) is 19.0 Å². The quantitative estimate of drug-likeness (QED) is 0.748. The molecule has 2 aliphatic rings. The van der Waals surface area contributed by atoms with Gasteiger partial charge in [-0.15, -0.1) is 0 Å². The summed E-state index contributed by atoms with van der Waals surface area (Å²) in [7, 11) is 0. The third kappa shape index (κ3) is 4.62. The third-order valence-corrected chi connectivity index (χ3v) is 4.46. The fraction of sp³-hybridized carbons (Fsp3) is 0.882. The number of carbonyl (C=O) groups excluding carboxylic acids is 2. The second-order valence-electron chi connectivity index (χ2n) is 7.77. The van der Waals surface area contributed by atoms with Crippen LogP contribution in [0.3, 0.4) is 0 Å². The van der Waals surface area contributed by atoms with Crippen LogP contribution >= 0.6 is 0 Å². The van der Waals surface area contributed by atoms with E-state index in [4.69, 9.17) is 4.74 Å². The van der Waals surface area contributed by atoms with Crippen LogP contribution in [0.5, 0.6) is 0 Å². The van der Waals surface area contributed by atoms with Crippen molar-refractivity contribution < 1.29 is 14.3 Å². The van der Waals surface area contributed by atoms with Crippen LogP contribution in [0, 0.1) is 11.8 Å². The van der Waals surface area contributed by atoms with E-state index < -0.39 is 5.60 Å². The van der Waals surface area contributed by atoms with Gasteiger partial charge in [0.25, 0.3) is 0 Å². The second-order valence-corrected chi connectivity index (χ2v) is 7.77. The van der Waals surface area contributed by atoms with Gasteiger partial charge in [0.1, 0.15) is 5.60 Å². The van der Waals surface area contributed by atoms with E-state index in [-0.39, 0.29) is 17.9 Å². The van der Waals surface area contributed by atoms with Gasteiger partial charge in [-0.05, 0) is 52.4 Å². The molecular weight excluding hydrogens is 280 g/mol. The largest absolute Gasteiger partial charge is 0.444 e. The molecule has 2 aliphatic heterocycles. The maximum absolute atomic E-state index is 12.6. The molecule has 1 unspecified atom stereocenters. The SMILES string of the molecule is CC1CCCN(C(=O)C2CCN(C(=O)OC(C)(C)C)CC2)C1. The Morgan fingerprint density at radius 2 is 1.64 bits per heavy atom. The van der Waals surface area contributed by atoms with Crippen molar-refractivity contribution in [2.45, 2.75) is 59.0 Å². The summed E-state index contributed by atoms with van der Waals surface area (Å²) < 4.78 is 5.39. The highest BCUT2D eigenvalue weighted by molar-refractivity contribution is 5.79. The van der Waals surface area contributed by atoms with E-state index in [2.05, 4.69) is 6.92 Å². The van der Waals surface area contributed by atoms with E-state index in [0.717, 1.165) is 32.4 Å². The fourth-order valence-corrected chi connectivity index (χ4v) is 3.28. The Kier molecular flexibility index (Phi) is 5.35. The van der Waals surface area contributed by atoms with Gasteiger partial charge in [0.05, 0.1) is 0 Å². The molecule has 0 bridgehead atoms. The van der Waals surface area contributed by atoms with Gasteiger partial charge in [-0.2, -0.15) is 0 Å². The molecule has 2 fully saturated rings. The lowest BCUT2D eigenvalue weighted by Crippen LogP contribution is -2.47. The van der Waals surface area contributed by atoms with Crippen molar-refractivity contribution in [2.75, 3.05) is 26.2 Å². The van der Waals surface area contributed by atoms with E-state index in [1.807, 2.05) is 25.7 Å². The Balaban J connectivity index is 1.81. The zero-order valence-corrected chi connectivity index (χ0v) is 14.4. The van der Waals surface area contributed by atoms with Gasteiger partial charge in [-0.25, -0.2) is 4.79 Å². The first kappa shape index (κ1) is 17.1. The lowest BCUT2D eigenvalue weighted by molar-refractivity contribution is -0.138. The van der Waals surface area contributed by atoms with E-state index in [1.54, 1.807) is 4.90 Å². The smallest absolute Gasteiger partial charge is 0.410 e. The molecule has 0 N–H and O–H groups in total. The minimum atomic E-state index is -0.465. The number of ether oxygens (including phenoxy) is 1. The summed E-state index contributed by atoms with van der Waals surface area (Å²) in [5, 5.41) is 0. The number of rotatable bonds is 1. The first-order valence-corrected chi connectivity index (χ1v) is 8.53. The van der Waals surface area contributed by atoms with Crippen LogP contribution in [0.1, 0.15) is 53.4 Å². The van der Waals surface area contributed by atoms with E-state index in [1.165, 1.54) is 6.42 Å². The van der Waals surface area contributed by atoms with Crippen molar-refractivity contribution in [3.63, 3.8) is 0 Å². The average Bonchev–Trinajstić information content (AvgIpc) is 2.45. The molecule has 0 aromatic carbocycles. The summed E-state index contributed by atoms with van der Waals surface area (Å²) in [6.45, 7) is 10.9. The Hall–Kier alpha value is -1.26. The van der Waals surface area contributed by atoms with Gasteiger partial charge in [-0.1, -0.05) is 6.92 Å². The Morgan fingerprint density at radius 1 is 1.00 bits per heavy atom. The molecule has 0 aromatic heterocycles. The van der Waals surface area contributed by atoms with Crippen molar-refractivity contribution in [1.82, 2.24) is 9.80 Å². The monoisotopic (exact) mass is 310 g/mol. The predicted molar refractivity (Wildman–Crippen MR) is 85.5 cm³/mol. The Labute approximate surface area is 134 Å². The van der Waals surface area contributed by atoms with Crippen LogP contribution in [0.2, 0.25) is 0 Å². The average molecular weight is 310 g/mol. The summed E-state index contributed by atoms with van der Waals surface area (Å²) >= 11 is 0. The number of likely N-dealkylation sites (tertiary alicyclic amines) is 2. The summed E-state index contributed by atoms with van der Waals surface area (Å²) in [6, 6.07) is 0. The summed E-state index contributed by atoms with van der Waals surface area (Å²) in [5.41, 5.74) is -0.465. The third-order valence-electron chi connectivity index (χ3n) is 4.46. The maximum Gasteiger partial charge on any atom is 0.410 e. The van der Waals surface area contributed by atoms with Crippen molar-refractivity contribution >= 4 is 12.0 Å². The number of piperidine rings is 2. The summed E-state index contributed by atoms with van der Waals surface area (Å²) in [5.74, 6) is 0.971. The number of nitrogens with zero attached hydrogens (tertiary/aromatic N) is 2.